The summed E-state index contributed by atoms with van der Waals surface area (Å²) in [4.78, 5) is 96.9. The number of aliphatic hydroxyl groups excluding tert-OH is 3. The highest BCUT2D eigenvalue weighted by molar-refractivity contribution is 6.16. The molecule has 19 heteroatoms. The summed E-state index contributed by atoms with van der Waals surface area (Å²) in [6.07, 6.45) is 7.23. The molecule has 1 aromatic heterocycles. The van der Waals surface area contributed by atoms with E-state index >= 15 is 0 Å². The Morgan fingerprint density at radius 1 is 0.899 bits per heavy atom. The Labute approximate surface area is 398 Å². The first-order valence-corrected chi connectivity index (χ1v) is 23.2. The number of ether oxygens (including phenoxy) is 3. The number of nitrogens with one attached hydrogen (secondary N) is 3. The van der Waals surface area contributed by atoms with Crippen LogP contribution in [0.25, 0.3) is 6.08 Å². The number of unbranched alkanes of at least 4 members (excludes halogenated alkanes) is 1. The number of Topliss-reactive ketones (excluding diaryl/α,β-unsaturated/α-hetero) is 1. The van der Waals surface area contributed by atoms with Crippen LogP contribution in [-0.4, -0.2) is 141 Å². The Hall–Kier alpha value is -6.64. The van der Waals surface area contributed by atoms with Gasteiger partial charge < -0.3 is 50.4 Å². The van der Waals surface area contributed by atoms with Crippen molar-refractivity contribution < 1.29 is 63.1 Å². The highest BCUT2D eigenvalue weighted by Crippen LogP contribution is 2.32. The van der Waals surface area contributed by atoms with Crippen molar-refractivity contribution in [1.82, 2.24) is 25.4 Å². The molecule has 2 aromatic carbocycles. The summed E-state index contributed by atoms with van der Waals surface area (Å²) in [6.45, 7) is 1.52. The fraction of sp³-hybridized carbons (Fsp3) is 0.440. The molecule has 3 aromatic rings. The summed E-state index contributed by atoms with van der Waals surface area (Å²) in [5.74, 6) is -2.35. The number of ketones is 1. The minimum Gasteiger partial charge on any atom is -0.461 e. The molecule has 0 bridgehead atoms. The van der Waals surface area contributed by atoms with E-state index in [-0.39, 0.29) is 81.0 Å². The summed E-state index contributed by atoms with van der Waals surface area (Å²) in [7, 11) is 0. The van der Waals surface area contributed by atoms with Crippen molar-refractivity contribution in [2.45, 2.75) is 94.5 Å². The number of carbonyl (C=O) groups is 7. The molecule has 5 heterocycles. The van der Waals surface area contributed by atoms with E-state index in [1.807, 2.05) is 17.0 Å². The van der Waals surface area contributed by atoms with Crippen LogP contribution in [0.4, 0.5) is 5.69 Å². The third-order valence-electron chi connectivity index (χ3n) is 12.7. The standard InChI is InChI=1S/C50H58N6O13/c57-38-29-68-49(47(65)46(38)64)69-39-14-12-35(25-37(39)54-42(60)11-4-10-40(58)50(30-52-31-50)56-43(61)16-17-44(56)62)28-67-45(63)26-34-7-3-9-36(24-34)48(66)55-22-18-32(19-23-55)6-1-2-21-53-41(59)15-13-33-8-5-20-51-27-33/h3,5,7-9,12-17,20,24-25,27,32,38,46-47,49,52,57,64-65H,1-2,4,6,10-11,18-19,21-23,26,28-31H2,(H,53,59)(H,54,60)/b15-13+/t38?,46-,47-,49?/m0/s1. The van der Waals surface area contributed by atoms with Crippen LogP contribution in [-0.2, 0) is 51.3 Å². The molecule has 5 amide bonds. The second kappa shape index (κ2) is 23.6. The molecule has 3 saturated heterocycles. The number of anilines is 1. The van der Waals surface area contributed by atoms with Gasteiger partial charge in [-0.05, 0) is 84.7 Å². The molecule has 4 atom stereocenters. The number of rotatable bonds is 21. The van der Waals surface area contributed by atoms with E-state index in [9.17, 15) is 48.9 Å². The lowest BCUT2D eigenvalue weighted by molar-refractivity contribution is -0.241. The molecule has 0 spiro atoms. The highest BCUT2D eigenvalue weighted by Gasteiger charge is 2.53. The third kappa shape index (κ3) is 13.1. The van der Waals surface area contributed by atoms with Gasteiger partial charge in [-0.1, -0.05) is 37.1 Å². The Kier molecular flexibility index (Phi) is 17.2. The van der Waals surface area contributed by atoms with E-state index in [1.165, 1.54) is 18.2 Å². The van der Waals surface area contributed by atoms with Crippen LogP contribution in [0.2, 0.25) is 0 Å². The van der Waals surface area contributed by atoms with Gasteiger partial charge in [0.1, 0.15) is 36.2 Å². The molecule has 19 nitrogen and oxygen atoms in total. The number of likely N-dealkylation sites (tertiary alicyclic amines) is 1. The fourth-order valence-electron chi connectivity index (χ4n) is 8.67. The number of imide groups is 1. The maximum Gasteiger partial charge on any atom is 0.310 e. The molecular weight excluding hydrogens is 893 g/mol. The topological polar surface area (TPSA) is 263 Å². The number of piperidine rings is 1. The molecule has 0 aliphatic carbocycles. The summed E-state index contributed by atoms with van der Waals surface area (Å²) in [5, 5.41) is 39.2. The molecule has 0 radical (unpaired) electrons. The maximum absolute atomic E-state index is 13.5. The molecule has 366 valence electrons. The predicted octanol–water partition coefficient (Wildman–Crippen LogP) is 1.98. The number of esters is 1. The van der Waals surface area contributed by atoms with Crippen molar-refractivity contribution >= 4 is 53.1 Å². The quantitative estimate of drug-likeness (QED) is 0.0386. The Balaban J connectivity index is 0.873. The first-order chi connectivity index (χ1) is 33.3. The summed E-state index contributed by atoms with van der Waals surface area (Å²) >= 11 is 0. The van der Waals surface area contributed by atoms with Crippen LogP contribution in [0, 0.1) is 5.92 Å². The van der Waals surface area contributed by atoms with E-state index in [4.69, 9.17) is 14.2 Å². The second-order valence-electron chi connectivity index (χ2n) is 17.7. The highest BCUT2D eigenvalue weighted by atomic mass is 16.7. The predicted molar refractivity (Wildman–Crippen MR) is 248 cm³/mol. The number of aliphatic hydroxyl groups is 3. The first kappa shape index (κ1) is 50.2. The third-order valence-corrected chi connectivity index (χ3v) is 12.7. The van der Waals surface area contributed by atoms with Gasteiger partial charge >= 0.3 is 5.97 Å². The van der Waals surface area contributed by atoms with Crippen LogP contribution in [0.15, 0.2) is 85.2 Å². The van der Waals surface area contributed by atoms with E-state index in [2.05, 4.69) is 20.9 Å². The monoisotopic (exact) mass is 950 g/mol. The molecule has 6 N–H and O–H groups in total. The zero-order chi connectivity index (χ0) is 48.9. The normalized spacial score (nSPS) is 21.2. The van der Waals surface area contributed by atoms with Gasteiger partial charge in [0.2, 0.25) is 18.1 Å². The zero-order valence-electron chi connectivity index (χ0n) is 38.1. The Bertz CT molecular complexity index is 2400. The Morgan fingerprint density at radius 2 is 1.68 bits per heavy atom. The van der Waals surface area contributed by atoms with E-state index in [0.29, 0.717) is 42.2 Å². The lowest BCUT2D eigenvalue weighted by atomic mass is 9.83. The zero-order valence-corrected chi connectivity index (χ0v) is 38.1. The number of hydrogen-bond donors (Lipinski definition) is 6. The fourth-order valence-corrected chi connectivity index (χ4v) is 8.67. The van der Waals surface area contributed by atoms with E-state index in [0.717, 1.165) is 54.7 Å². The van der Waals surface area contributed by atoms with E-state index < -0.39 is 53.8 Å². The van der Waals surface area contributed by atoms with Crippen LogP contribution in [0.1, 0.15) is 78.4 Å². The molecular formula is C50H58N6O13. The van der Waals surface area contributed by atoms with Crippen molar-refractivity contribution in [3.63, 3.8) is 0 Å². The first-order valence-electron chi connectivity index (χ1n) is 23.2. The maximum atomic E-state index is 13.5. The number of carbonyl (C=O) groups excluding carboxylic acids is 7. The van der Waals surface area contributed by atoms with Gasteiger partial charge in [0.05, 0.1) is 18.7 Å². The summed E-state index contributed by atoms with van der Waals surface area (Å²) in [5.41, 5.74) is 1.13. The molecule has 7 rings (SSSR count). The lowest BCUT2D eigenvalue weighted by Crippen LogP contribution is -2.74. The van der Waals surface area contributed by atoms with Crippen LogP contribution in [0.5, 0.6) is 5.75 Å². The number of amides is 5. The number of benzene rings is 2. The van der Waals surface area contributed by atoms with Crippen molar-refractivity contribution in [2.24, 2.45) is 5.92 Å². The Morgan fingerprint density at radius 3 is 2.41 bits per heavy atom. The van der Waals surface area contributed by atoms with E-state index in [1.54, 1.807) is 48.8 Å². The van der Waals surface area contributed by atoms with Crippen LogP contribution >= 0.6 is 0 Å². The number of aromatic nitrogens is 1. The summed E-state index contributed by atoms with van der Waals surface area (Å²) < 4.78 is 16.8. The van der Waals surface area contributed by atoms with Crippen LogP contribution < -0.4 is 20.7 Å². The van der Waals surface area contributed by atoms with Gasteiger partial charge in [-0.3, -0.25) is 43.4 Å². The van der Waals surface area contributed by atoms with Gasteiger partial charge in [0.25, 0.3) is 17.7 Å². The van der Waals surface area contributed by atoms with Crippen molar-refractivity contribution in [1.29, 1.82) is 0 Å². The van der Waals surface area contributed by atoms with Gasteiger partial charge in [-0.15, -0.1) is 0 Å². The molecule has 4 aliphatic heterocycles. The number of hydrogen-bond acceptors (Lipinski definition) is 15. The minimum absolute atomic E-state index is 0.0231. The molecule has 2 unspecified atom stereocenters. The largest absolute Gasteiger partial charge is 0.461 e. The van der Waals surface area contributed by atoms with Gasteiger partial charge in [-0.25, -0.2) is 0 Å². The minimum atomic E-state index is -1.63. The average Bonchev–Trinajstić information content (AvgIpc) is 3.67. The van der Waals surface area contributed by atoms with Crippen LogP contribution in [0.3, 0.4) is 0 Å². The van der Waals surface area contributed by atoms with Gasteiger partial charge in [0.15, 0.2) is 5.78 Å². The van der Waals surface area contributed by atoms with Gasteiger partial charge in [0, 0.05) is 81.8 Å². The lowest BCUT2D eigenvalue weighted by Gasteiger charge is -2.46. The number of nitrogens with zero attached hydrogens (tertiary/aromatic N) is 3. The van der Waals surface area contributed by atoms with Crippen molar-refractivity contribution in [3.05, 3.63) is 107 Å². The van der Waals surface area contributed by atoms with Crippen molar-refractivity contribution in [3.8, 4) is 5.75 Å². The molecule has 4 aliphatic rings. The van der Waals surface area contributed by atoms with Crippen molar-refractivity contribution in [2.75, 3.05) is 44.6 Å². The molecule has 0 saturated carbocycles. The average molecular weight is 951 g/mol. The second-order valence-corrected chi connectivity index (χ2v) is 17.7. The molecule has 69 heavy (non-hydrogen) atoms. The number of pyridine rings is 1. The summed E-state index contributed by atoms with van der Waals surface area (Å²) in [6, 6.07) is 15.1. The SMILES string of the molecule is O=C(/C=C/c1cccnc1)NCCCCC1CCN(C(=O)c2cccc(CC(=O)OCc3ccc(OC4OCC(O)[C@H](O)[C@@H]4O)c(NC(=O)CCCC(=O)C4(N5C(=O)C=CC5=O)CNC4)c3)c2)CC1. The van der Waals surface area contributed by atoms with Gasteiger partial charge in [-0.2, -0.15) is 0 Å². The smallest absolute Gasteiger partial charge is 0.310 e. The molecule has 3 fully saturated rings.